The van der Waals surface area contributed by atoms with Crippen molar-refractivity contribution in [1.82, 2.24) is 14.0 Å². The largest absolute Gasteiger partial charge is 0.454 e. The molecule has 0 unspecified atom stereocenters. The zero-order valence-corrected chi connectivity index (χ0v) is 29.3. The van der Waals surface area contributed by atoms with E-state index in [9.17, 15) is 22.0 Å². The summed E-state index contributed by atoms with van der Waals surface area (Å²) in [4.78, 5) is 15.9. The summed E-state index contributed by atoms with van der Waals surface area (Å²) >= 11 is 0. The quantitative estimate of drug-likeness (QED) is 0.136. The molecule has 3 heterocycles. The molecule has 2 aromatic carbocycles. The number of sulfonamides is 1. The molecule has 14 heteroatoms. The smallest absolute Gasteiger partial charge is 0.259 e. The number of nitrogens with zero attached hydrogens (tertiary/aromatic N) is 3. The maximum Gasteiger partial charge on any atom is 0.259 e. The minimum Gasteiger partial charge on any atom is -0.454 e. The maximum absolute atomic E-state index is 14.8. The Bertz CT molecular complexity index is 1920. The first kappa shape index (κ1) is 34.8. The van der Waals surface area contributed by atoms with Gasteiger partial charge in [-0.15, -0.1) is 0 Å². The number of ether oxygens (including phenoxy) is 3. The lowest BCUT2D eigenvalue weighted by Gasteiger charge is -2.27. The van der Waals surface area contributed by atoms with E-state index >= 15 is 0 Å². The zero-order chi connectivity index (χ0) is 33.9. The third kappa shape index (κ3) is 8.48. The van der Waals surface area contributed by atoms with Gasteiger partial charge in [0.05, 0.1) is 29.9 Å². The Morgan fingerprint density at radius 1 is 1.00 bits per heavy atom. The number of fused-ring (bicyclic) bond motifs is 1. The predicted octanol–water partition coefficient (Wildman–Crippen LogP) is 5.98. The van der Waals surface area contributed by atoms with Gasteiger partial charge in [0.1, 0.15) is 18.3 Å². The van der Waals surface area contributed by atoms with Crippen LogP contribution in [0.3, 0.4) is 0 Å². The molecule has 254 valence electrons. The Balaban J connectivity index is 1.71. The first-order valence-corrected chi connectivity index (χ1v) is 21.0. The van der Waals surface area contributed by atoms with Crippen LogP contribution in [0.15, 0.2) is 53.5 Å². The summed E-state index contributed by atoms with van der Waals surface area (Å²) in [6, 6.07) is 10.5. The van der Waals surface area contributed by atoms with Gasteiger partial charge >= 0.3 is 0 Å². The molecule has 0 saturated carbocycles. The molecule has 5 rings (SSSR count). The van der Waals surface area contributed by atoms with Gasteiger partial charge < -0.3 is 23.3 Å². The van der Waals surface area contributed by atoms with Gasteiger partial charge in [0.15, 0.2) is 11.6 Å². The Morgan fingerprint density at radius 3 is 2.40 bits per heavy atom. The van der Waals surface area contributed by atoms with Crippen molar-refractivity contribution in [3.63, 3.8) is 0 Å². The number of aryl methyl sites for hydroxylation is 1. The van der Waals surface area contributed by atoms with Crippen LogP contribution < -0.4 is 15.0 Å². The summed E-state index contributed by atoms with van der Waals surface area (Å²) in [7, 11) is -3.39. The van der Waals surface area contributed by atoms with Gasteiger partial charge in [-0.25, -0.2) is 17.2 Å². The Morgan fingerprint density at radius 2 is 1.72 bits per heavy atom. The lowest BCUT2D eigenvalue weighted by Crippen LogP contribution is -2.36. The van der Waals surface area contributed by atoms with Crippen LogP contribution in [0.5, 0.6) is 11.5 Å². The van der Waals surface area contributed by atoms with E-state index in [2.05, 4.69) is 29.3 Å². The van der Waals surface area contributed by atoms with Crippen molar-refractivity contribution in [2.24, 2.45) is 7.05 Å². The van der Waals surface area contributed by atoms with Crippen LogP contribution in [0.1, 0.15) is 12.6 Å². The molecule has 47 heavy (non-hydrogen) atoms. The average molecular weight is 689 g/mol. The van der Waals surface area contributed by atoms with Gasteiger partial charge in [0, 0.05) is 76.1 Å². The van der Waals surface area contributed by atoms with Crippen LogP contribution in [0, 0.1) is 11.6 Å². The van der Waals surface area contributed by atoms with Crippen LogP contribution in [-0.2, 0) is 39.8 Å². The second kappa shape index (κ2) is 14.3. The van der Waals surface area contributed by atoms with E-state index < -0.39 is 29.7 Å². The van der Waals surface area contributed by atoms with Crippen LogP contribution in [-0.4, -0.2) is 69.2 Å². The van der Waals surface area contributed by atoms with Gasteiger partial charge in [-0.3, -0.25) is 14.4 Å². The number of morpholine rings is 1. The highest BCUT2D eigenvalue weighted by Gasteiger charge is 2.24. The molecule has 0 spiro atoms. The van der Waals surface area contributed by atoms with E-state index in [0.717, 1.165) is 37.0 Å². The van der Waals surface area contributed by atoms with Gasteiger partial charge in [0.2, 0.25) is 10.0 Å². The molecule has 2 aromatic heterocycles. The molecule has 0 radical (unpaired) electrons. The fourth-order valence-corrected chi connectivity index (χ4v) is 6.77. The molecule has 1 fully saturated rings. The lowest BCUT2D eigenvalue weighted by atomic mass is 10.0. The van der Waals surface area contributed by atoms with Crippen molar-refractivity contribution >= 4 is 34.7 Å². The van der Waals surface area contributed by atoms with Gasteiger partial charge in [-0.1, -0.05) is 19.6 Å². The number of nitrogens with one attached hydrogen (secondary N) is 1. The molecule has 1 aliphatic rings. The molecule has 4 aromatic rings. The highest BCUT2D eigenvalue weighted by atomic mass is 32.2. The Labute approximate surface area is 274 Å². The Hall–Kier alpha value is -3.56. The number of pyridine rings is 1. The first-order valence-electron chi connectivity index (χ1n) is 15.6. The Kier molecular flexibility index (Phi) is 10.6. The minimum absolute atomic E-state index is 0.145. The standard InChI is InChI=1S/C33H42F2N4O6SSi/c1-6-46(41,42)36-24-8-10-30(45-31-9-7-23(34)17-29(31)35)26(18-24)28-21-37(2)33(40)27-19-25(20-38-11-13-43-14-12-38)39(32(27)28)22-44-15-16-47(3,4)5/h7-10,17-19,21,36H,6,11-16,20,22H2,1-5H3. The second-order valence-electron chi connectivity index (χ2n) is 12.9. The number of benzene rings is 2. The van der Waals surface area contributed by atoms with Gasteiger partial charge in [-0.2, -0.15) is 0 Å². The number of anilines is 1. The van der Waals surface area contributed by atoms with Crippen molar-refractivity contribution in [2.45, 2.75) is 45.9 Å². The second-order valence-corrected chi connectivity index (χ2v) is 20.5. The molecule has 1 aliphatic heterocycles. The van der Waals surface area contributed by atoms with E-state index in [4.69, 9.17) is 14.2 Å². The highest BCUT2D eigenvalue weighted by Crippen LogP contribution is 2.40. The number of halogens is 2. The normalized spacial score (nSPS) is 14.5. The molecule has 1 saturated heterocycles. The van der Waals surface area contributed by atoms with E-state index in [0.29, 0.717) is 48.4 Å². The zero-order valence-electron chi connectivity index (χ0n) is 27.4. The van der Waals surface area contributed by atoms with Crippen LogP contribution >= 0.6 is 0 Å². The van der Waals surface area contributed by atoms with Crippen molar-refractivity contribution in [2.75, 3.05) is 43.4 Å². The molecular weight excluding hydrogens is 647 g/mol. The average Bonchev–Trinajstić information content (AvgIpc) is 3.37. The number of hydrogen-bond acceptors (Lipinski definition) is 7. The third-order valence-electron chi connectivity index (χ3n) is 8.05. The van der Waals surface area contributed by atoms with Gasteiger partial charge in [0.25, 0.3) is 5.56 Å². The summed E-state index contributed by atoms with van der Waals surface area (Å²) in [5.41, 5.74) is 2.42. The minimum atomic E-state index is -3.64. The fraction of sp³-hybridized carbons (Fsp3) is 0.424. The number of rotatable bonds is 13. The van der Waals surface area contributed by atoms with E-state index in [-0.39, 0.29) is 35.2 Å². The van der Waals surface area contributed by atoms with Gasteiger partial charge in [-0.05, 0) is 49.4 Å². The van der Waals surface area contributed by atoms with Crippen molar-refractivity contribution in [3.8, 4) is 22.6 Å². The molecule has 0 bridgehead atoms. The monoisotopic (exact) mass is 688 g/mol. The first-order chi connectivity index (χ1) is 22.2. The number of aromatic nitrogens is 2. The van der Waals surface area contributed by atoms with Crippen molar-refractivity contribution < 1.29 is 31.4 Å². The van der Waals surface area contributed by atoms with E-state index in [1.807, 2.05) is 10.6 Å². The highest BCUT2D eigenvalue weighted by molar-refractivity contribution is 7.92. The summed E-state index contributed by atoms with van der Waals surface area (Å²) in [5.74, 6) is -1.83. The topological polar surface area (TPSA) is 104 Å². The molecule has 0 atom stereocenters. The molecule has 10 nitrogen and oxygen atoms in total. The fourth-order valence-electron chi connectivity index (χ4n) is 5.38. The summed E-state index contributed by atoms with van der Waals surface area (Å²) in [6.45, 7) is 12.3. The lowest BCUT2D eigenvalue weighted by molar-refractivity contribution is 0.0312. The summed E-state index contributed by atoms with van der Waals surface area (Å²) in [5, 5.41) is 0.445. The van der Waals surface area contributed by atoms with Crippen molar-refractivity contribution in [3.05, 3.63) is 76.3 Å². The van der Waals surface area contributed by atoms with Crippen LogP contribution in [0.2, 0.25) is 25.7 Å². The summed E-state index contributed by atoms with van der Waals surface area (Å²) in [6.07, 6.45) is 1.66. The number of hydrogen-bond donors (Lipinski definition) is 1. The third-order valence-corrected chi connectivity index (χ3v) is 11.1. The van der Waals surface area contributed by atoms with Crippen LogP contribution in [0.4, 0.5) is 14.5 Å². The molecule has 0 amide bonds. The molecule has 1 N–H and O–H groups in total. The molecule has 0 aliphatic carbocycles. The van der Waals surface area contributed by atoms with Crippen molar-refractivity contribution in [1.29, 1.82) is 0 Å². The predicted molar refractivity (Wildman–Crippen MR) is 182 cm³/mol. The summed E-state index contributed by atoms with van der Waals surface area (Å²) < 4.78 is 77.4. The molecular formula is C33H42F2N4O6SSi. The maximum atomic E-state index is 14.8. The van der Waals surface area contributed by atoms with E-state index in [1.54, 1.807) is 19.3 Å². The van der Waals surface area contributed by atoms with Crippen LogP contribution in [0.25, 0.3) is 22.0 Å². The SMILES string of the molecule is CCS(=O)(=O)Nc1ccc(Oc2ccc(F)cc2F)c(-c2cn(C)c(=O)c3cc(CN4CCOCC4)n(COCC[Si](C)(C)C)c23)c1. The van der Waals surface area contributed by atoms with E-state index in [1.165, 1.54) is 29.7 Å².